The summed E-state index contributed by atoms with van der Waals surface area (Å²) in [5.74, 6) is -0.520. The molecule has 0 aliphatic rings. The molecule has 80 valence electrons. The van der Waals surface area contributed by atoms with Crippen LogP contribution in [0.25, 0.3) is 0 Å². The predicted molar refractivity (Wildman–Crippen MR) is 53.8 cm³/mol. The summed E-state index contributed by atoms with van der Waals surface area (Å²) in [7, 11) is -6.93. The minimum absolute atomic E-state index is 0.149. The molecule has 0 bridgehead atoms. The summed E-state index contributed by atoms with van der Waals surface area (Å²) in [6, 6.07) is 0. The Labute approximate surface area is 78.6 Å². The Balaban J connectivity index is 4.13. The summed E-state index contributed by atoms with van der Waals surface area (Å²) >= 11 is 0. The van der Waals surface area contributed by atoms with Gasteiger partial charge in [0.15, 0.2) is 0 Å². The summed E-state index contributed by atoms with van der Waals surface area (Å²) in [4.78, 5) is 9.45. The van der Waals surface area contributed by atoms with Crippen molar-refractivity contribution in [3.05, 3.63) is 0 Å². The van der Waals surface area contributed by atoms with Crippen LogP contribution in [-0.2, 0) is 14.6 Å². The Morgan fingerprint density at radius 1 is 1.54 bits per heavy atom. The second kappa shape index (κ2) is 4.57. The summed E-state index contributed by atoms with van der Waals surface area (Å²) in [5.41, 5.74) is 0. The van der Waals surface area contributed by atoms with E-state index in [4.69, 9.17) is 9.08 Å². The van der Waals surface area contributed by atoms with Crippen molar-refractivity contribution in [1.29, 1.82) is 0 Å². The molecule has 5 nitrogen and oxygen atoms in total. The predicted octanol–water partition coefficient (Wildman–Crippen LogP) is 0.571. The van der Waals surface area contributed by atoms with Crippen LogP contribution in [0.4, 0.5) is 0 Å². The lowest BCUT2D eigenvalue weighted by Crippen LogP contribution is -2.11. The van der Waals surface area contributed by atoms with Crippen molar-refractivity contribution in [2.45, 2.75) is 20.0 Å². The van der Waals surface area contributed by atoms with Gasteiger partial charge in [0.25, 0.3) is 10.1 Å². The van der Waals surface area contributed by atoms with Gasteiger partial charge in [0.05, 0.1) is 11.9 Å². The highest BCUT2D eigenvalue weighted by atomic mass is 32.2. The average molecular weight is 230 g/mol. The van der Waals surface area contributed by atoms with Crippen molar-refractivity contribution in [2.24, 2.45) is 0 Å². The fourth-order valence-corrected chi connectivity index (χ4v) is 3.66. The third-order valence-corrected chi connectivity index (χ3v) is 3.86. The molecule has 0 amide bonds. The molecule has 0 saturated heterocycles. The van der Waals surface area contributed by atoms with Gasteiger partial charge in [-0.25, -0.2) is 0 Å². The lowest BCUT2D eigenvalue weighted by Gasteiger charge is -2.19. The Hall–Kier alpha value is 0.130. The second-order valence-electron chi connectivity index (χ2n) is 3.01. The van der Waals surface area contributed by atoms with E-state index >= 15 is 0 Å². The fraction of sp³-hybridized carbons (Fsp3) is 0.833. The Kier molecular flexibility index (Phi) is 4.62. The molecule has 7 heteroatoms. The fourth-order valence-electron chi connectivity index (χ4n) is 0.703. The molecule has 0 aromatic heterocycles. The molecular formula is C6H15O5PS. The molecule has 0 saturated carbocycles. The van der Waals surface area contributed by atoms with E-state index in [2.05, 4.69) is 6.30 Å². The van der Waals surface area contributed by atoms with Crippen molar-refractivity contribution in [3.63, 3.8) is 0 Å². The molecular weight excluding hydrogens is 215 g/mol. The van der Waals surface area contributed by atoms with Crippen molar-refractivity contribution >= 4 is 23.8 Å². The van der Waals surface area contributed by atoms with Gasteiger partial charge in [0, 0.05) is 6.16 Å². The van der Waals surface area contributed by atoms with Crippen LogP contribution >= 0.6 is 7.34 Å². The molecule has 0 heterocycles. The number of hydrogen-bond acceptors (Lipinski definition) is 4. The summed E-state index contributed by atoms with van der Waals surface area (Å²) < 4.78 is 34.1. The molecule has 0 radical (unpaired) electrons. The van der Waals surface area contributed by atoms with Gasteiger partial charge < -0.3 is 9.42 Å². The van der Waals surface area contributed by atoms with E-state index in [1.165, 1.54) is 0 Å². The maximum atomic E-state index is 10.3. The summed E-state index contributed by atoms with van der Waals surface area (Å²) in [6.07, 6.45) is 3.02. The number of hydrogen-bond donors (Lipinski definition) is 2. The normalized spacial score (nSPS) is 17.3. The monoisotopic (exact) mass is 230 g/mol. The highest BCUT2D eigenvalue weighted by Gasteiger charge is 2.16. The van der Waals surface area contributed by atoms with Crippen LogP contribution in [0.1, 0.15) is 13.8 Å². The maximum Gasteiger partial charge on any atom is 0.265 e. The van der Waals surface area contributed by atoms with Gasteiger partial charge in [0.2, 0.25) is 0 Å². The molecule has 1 unspecified atom stereocenters. The zero-order chi connectivity index (χ0) is 10.7. The molecule has 0 rings (SSSR count). The van der Waals surface area contributed by atoms with Crippen molar-refractivity contribution < 1.29 is 22.4 Å². The van der Waals surface area contributed by atoms with Crippen molar-refractivity contribution in [1.82, 2.24) is 0 Å². The minimum Gasteiger partial charge on any atom is -0.353 e. The quantitative estimate of drug-likeness (QED) is 0.533. The lowest BCUT2D eigenvalue weighted by atomic mass is 10.5. The third-order valence-electron chi connectivity index (χ3n) is 1.11. The topological polar surface area (TPSA) is 83.8 Å². The molecule has 13 heavy (non-hydrogen) atoms. The van der Waals surface area contributed by atoms with E-state index in [0.29, 0.717) is 0 Å². The van der Waals surface area contributed by atoms with Gasteiger partial charge in [-0.1, -0.05) is 6.30 Å². The maximum absolute atomic E-state index is 10.3. The van der Waals surface area contributed by atoms with E-state index in [-0.39, 0.29) is 12.3 Å². The van der Waals surface area contributed by atoms with Gasteiger partial charge in [-0.05, 0) is 13.8 Å². The van der Waals surface area contributed by atoms with Gasteiger partial charge in [-0.3, -0.25) is 4.55 Å². The van der Waals surface area contributed by atoms with E-state index in [1.54, 1.807) is 13.8 Å². The Bertz CT molecular complexity index is 294. The first kappa shape index (κ1) is 13.1. The van der Waals surface area contributed by atoms with Gasteiger partial charge >= 0.3 is 0 Å². The first-order valence-electron chi connectivity index (χ1n) is 3.71. The van der Waals surface area contributed by atoms with Crippen LogP contribution in [0, 0.1) is 0 Å². The van der Waals surface area contributed by atoms with Crippen LogP contribution in [0.2, 0.25) is 0 Å². The van der Waals surface area contributed by atoms with Crippen molar-refractivity contribution in [3.8, 4) is 0 Å². The highest BCUT2D eigenvalue weighted by Crippen LogP contribution is 2.42. The minimum atomic E-state index is -4.05. The SMILES string of the molecule is C=P(O)(CCS(=O)(=O)O)OC(C)C. The van der Waals surface area contributed by atoms with Crippen LogP contribution < -0.4 is 0 Å². The van der Waals surface area contributed by atoms with Crippen molar-refractivity contribution in [2.75, 3.05) is 11.9 Å². The van der Waals surface area contributed by atoms with Gasteiger partial charge in [0.1, 0.15) is 7.34 Å². The zero-order valence-electron chi connectivity index (χ0n) is 7.67. The smallest absolute Gasteiger partial charge is 0.265 e. The first-order chi connectivity index (χ1) is 5.62. The van der Waals surface area contributed by atoms with Crippen LogP contribution in [-0.4, -0.2) is 42.2 Å². The van der Waals surface area contributed by atoms with Crippen LogP contribution in [0.15, 0.2) is 0 Å². The lowest BCUT2D eigenvalue weighted by molar-refractivity contribution is 0.238. The zero-order valence-corrected chi connectivity index (χ0v) is 9.38. The molecule has 0 aromatic rings. The molecule has 0 aliphatic carbocycles. The first-order valence-corrected chi connectivity index (χ1v) is 7.35. The average Bonchev–Trinajstić information content (AvgIpc) is 1.79. The third kappa shape index (κ3) is 8.46. The van der Waals surface area contributed by atoms with E-state index in [0.717, 1.165) is 0 Å². The van der Waals surface area contributed by atoms with E-state index < -0.39 is 23.2 Å². The van der Waals surface area contributed by atoms with E-state index in [9.17, 15) is 13.3 Å². The molecule has 0 fully saturated rings. The largest absolute Gasteiger partial charge is 0.353 e. The molecule has 0 aliphatic heterocycles. The molecule has 2 N–H and O–H groups in total. The van der Waals surface area contributed by atoms with Crippen LogP contribution in [0.5, 0.6) is 0 Å². The molecule has 0 spiro atoms. The number of rotatable bonds is 5. The second-order valence-corrected chi connectivity index (χ2v) is 6.93. The molecule has 1 atom stereocenters. The van der Waals surface area contributed by atoms with Crippen LogP contribution in [0.3, 0.4) is 0 Å². The molecule has 0 aromatic carbocycles. The van der Waals surface area contributed by atoms with Gasteiger partial charge in [-0.2, -0.15) is 8.42 Å². The summed E-state index contributed by atoms with van der Waals surface area (Å²) in [5, 5.41) is 0. The summed E-state index contributed by atoms with van der Waals surface area (Å²) in [6.45, 7) is 3.42. The standard InChI is InChI=1S/C6H15O5PS/c1-6(2)11-12(3,7)4-5-13(8,9)10/h6-7H,3-5H2,1-2H3,(H,8,9,10). The highest BCUT2D eigenvalue weighted by molar-refractivity contribution is 7.86. The Morgan fingerprint density at radius 3 is 2.31 bits per heavy atom. The van der Waals surface area contributed by atoms with E-state index in [1.807, 2.05) is 0 Å². The van der Waals surface area contributed by atoms with Gasteiger partial charge in [-0.15, -0.1) is 0 Å². The Morgan fingerprint density at radius 2 is 2.00 bits per heavy atom.